The van der Waals surface area contributed by atoms with Crippen molar-refractivity contribution in [1.29, 1.82) is 0 Å². The molecule has 6 nitrogen and oxygen atoms in total. The predicted molar refractivity (Wildman–Crippen MR) is 88.0 cm³/mol. The standard InChI is InChI=1S/C15H18F2N4O2S/c1-10-12(9-24-21-10)15(22)20-11-3-4-14(19-7-11)23-6-2-5-18-8-13(16)17/h3-4,7,9,13,18H,2,5-6,8H2,1H3,(H,20,22). The molecule has 9 heteroatoms. The number of aromatic nitrogens is 2. The van der Waals surface area contributed by atoms with Gasteiger partial charge in [0, 0.05) is 11.4 Å². The van der Waals surface area contributed by atoms with Crippen LogP contribution in [0.15, 0.2) is 23.7 Å². The van der Waals surface area contributed by atoms with Gasteiger partial charge in [-0.3, -0.25) is 4.79 Å². The molecule has 0 saturated carbocycles. The third kappa shape index (κ3) is 5.82. The van der Waals surface area contributed by atoms with E-state index in [1.807, 2.05) is 0 Å². The highest BCUT2D eigenvalue weighted by Gasteiger charge is 2.11. The van der Waals surface area contributed by atoms with Crippen LogP contribution in [-0.4, -0.2) is 41.4 Å². The number of nitrogens with one attached hydrogen (secondary N) is 2. The number of carbonyl (C=O) groups excluding carboxylic acids is 1. The largest absolute Gasteiger partial charge is 0.478 e. The molecule has 24 heavy (non-hydrogen) atoms. The molecule has 0 aliphatic heterocycles. The van der Waals surface area contributed by atoms with Gasteiger partial charge in [-0.25, -0.2) is 13.8 Å². The van der Waals surface area contributed by atoms with Gasteiger partial charge in [0.1, 0.15) is 0 Å². The number of aryl methyl sites for hydroxylation is 1. The van der Waals surface area contributed by atoms with Crippen LogP contribution in [0.25, 0.3) is 0 Å². The minimum absolute atomic E-state index is 0.234. The smallest absolute Gasteiger partial charge is 0.258 e. The van der Waals surface area contributed by atoms with E-state index in [2.05, 4.69) is 20.0 Å². The summed E-state index contributed by atoms with van der Waals surface area (Å²) in [6.45, 7) is 2.28. The van der Waals surface area contributed by atoms with Crippen molar-refractivity contribution in [3.8, 4) is 5.88 Å². The zero-order valence-electron chi connectivity index (χ0n) is 13.1. The van der Waals surface area contributed by atoms with Crippen molar-refractivity contribution < 1.29 is 18.3 Å². The van der Waals surface area contributed by atoms with E-state index in [-0.39, 0.29) is 12.5 Å². The zero-order chi connectivity index (χ0) is 17.4. The molecule has 0 aliphatic rings. The second-order valence-electron chi connectivity index (χ2n) is 4.95. The molecule has 2 aromatic rings. The summed E-state index contributed by atoms with van der Waals surface area (Å²) in [4.78, 5) is 16.1. The maximum atomic E-state index is 12.0. The second-order valence-corrected chi connectivity index (χ2v) is 5.58. The van der Waals surface area contributed by atoms with E-state index in [0.29, 0.717) is 42.4 Å². The van der Waals surface area contributed by atoms with Crippen molar-refractivity contribution in [2.45, 2.75) is 19.8 Å². The molecule has 130 valence electrons. The molecule has 0 atom stereocenters. The highest BCUT2D eigenvalue weighted by atomic mass is 32.1. The fraction of sp³-hybridized carbons (Fsp3) is 0.400. The van der Waals surface area contributed by atoms with Crippen molar-refractivity contribution >= 4 is 23.1 Å². The van der Waals surface area contributed by atoms with Crippen LogP contribution >= 0.6 is 11.5 Å². The second kappa shape index (κ2) is 9.24. The summed E-state index contributed by atoms with van der Waals surface area (Å²) in [6.07, 6.45) is -0.252. The van der Waals surface area contributed by atoms with Crippen LogP contribution in [-0.2, 0) is 0 Å². The number of hydrogen-bond acceptors (Lipinski definition) is 6. The molecule has 2 heterocycles. The van der Waals surface area contributed by atoms with E-state index in [0.717, 1.165) is 0 Å². The number of anilines is 1. The minimum atomic E-state index is -2.34. The van der Waals surface area contributed by atoms with Gasteiger partial charge >= 0.3 is 0 Å². The van der Waals surface area contributed by atoms with Crippen molar-refractivity contribution in [2.75, 3.05) is 25.0 Å². The molecule has 1 amide bonds. The van der Waals surface area contributed by atoms with Gasteiger partial charge in [-0.05, 0) is 37.5 Å². The molecule has 2 rings (SSSR count). The van der Waals surface area contributed by atoms with Crippen molar-refractivity contribution in [3.05, 3.63) is 35.0 Å². The first-order valence-corrected chi connectivity index (χ1v) is 8.20. The summed E-state index contributed by atoms with van der Waals surface area (Å²) in [7, 11) is 0. The average molecular weight is 356 g/mol. The Morgan fingerprint density at radius 1 is 1.42 bits per heavy atom. The number of alkyl halides is 2. The van der Waals surface area contributed by atoms with Crippen LogP contribution in [0.1, 0.15) is 22.5 Å². The van der Waals surface area contributed by atoms with Gasteiger partial charge in [0.2, 0.25) is 5.88 Å². The first kappa shape index (κ1) is 18.2. The van der Waals surface area contributed by atoms with Gasteiger partial charge in [-0.2, -0.15) is 4.37 Å². The Balaban J connectivity index is 1.73. The molecule has 0 spiro atoms. The number of ether oxygens (including phenoxy) is 1. The fourth-order valence-electron chi connectivity index (χ4n) is 1.83. The molecule has 0 aliphatic carbocycles. The van der Waals surface area contributed by atoms with Crippen molar-refractivity contribution in [1.82, 2.24) is 14.7 Å². The number of nitrogens with zero attached hydrogens (tertiary/aromatic N) is 2. The van der Waals surface area contributed by atoms with Crippen LogP contribution in [0.3, 0.4) is 0 Å². The quantitative estimate of drug-likeness (QED) is 0.676. The van der Waals surface area contributed by atoms with E-state index in [9.17, 15) is 13.6 Å². The van der Waals surface area contributed by atoms with Gasteiger partial charge in [-0.1, -0.05) is 0 Å². The van der Waals surface area contributed by atoms with Crippen molar-refractivity contribution in [2.24, 2.45) is 0 Å². The van der Waals surface area contributed by atoms with Crippen LogP contribution in [0.4, 0.5) is 14.5 Å². The molecule has 0 fully saturated rings. The fourth-order valence-corrected chi connectivity index (χ4v) is 2.53. The summed E-state index contributed by atoms with van der Waals surface area (Å²) in [5.74, 6) is 0.178. The Kier molecular flexibility index (Phi) is 7.01. The van der Waals surface area contributed by atoms with Gasteiger partial charge in [-0.15, -0.1) is 0 Å². The number of hydrogen-bond donors (Lipinski definition) is 2. The van der Waals surface area contributed by atoms with Crippen molar-refractivity contribution in [3.63, 3.8) is 0 Å². The highest BCUT2D eigenvalue weighted by molar-refractivity contribution is 7.04. The molecule has 0 aromatic carbocycles. The van der Waals surface area contributed by atoms with Crippen LogP contribution in [0, 0.1) is 6.92 Å². The predicted octanol–water partition coefficient (Wildman–Crippen LogP) is 2.72. The lowest BCUT2D eigenvalue weighted by Gasteiger charge is -2.08. The van der Waals surface area contributed by atoms with Gasteiger partial charge < -0.3 is 15.4 Å². The normalized spacial score (nSPS) is 10.8. The summed E-state index contributed by atoms with van der Waals surface area (Å²) >= 11 is 1.23. The molecule has 0 saturated heterocycles. The Bertz CT molecular complexity index is 649. The molecule has 2 N–H and O–H groups in total. The van der Waals surface area contributed by atoms with E-state index in [4.69, 9.17) is 4.74 Å². The first-order chi connectivity index (χ1) is 11.6. The Morgan fingerprint density at radius 3 is 2.88 bits per heavy atom. The van der Waals surface area contributed by atoms with E-state index < -0.39 is 6.43 Å². The zero-order valence-corrected chi connectivity index (χ0v) is 13.9. The van der Waals surface area contributed by atoms with Crippen LogP contribution in [0.5, 0.6) is 5.88 Å². The lowest BCUT2D eigenvalue weighted by molar-refractivity contribution is 0.102. The van der Waals surface area contributed by atoms with Gasteiger partial charge in [0.25, 0.3) is 12.3 Å². The molecule has 0 radical (unpaired) electrons. The number of halogens is 2. The summed E-state index contributed by atoms with van der Waals surface area (Å²) in [5, 5.41) is 7.05. The summed E-state index contributed by atoms with van der Waals surface area (Å²) in [5.41, 5.74) is 1.78. The van der Waals surface area contributed by atoms with Crippen LogP contribution in [0.2, 0.25) is 0 Å². The van der Waals surface area contributed by atoms with E-state index in [1.165, 1.54) is 17.7 Å². The molecular weight excluding hydrogens is 338 g/mol. The van der Waals surface area contributed by atoms with Gasteiger partial charge in [0.05, 0.1) is 36.3 Å². The first-order valence-electron chi connectivity index (χ1n) is 7.36. The maximum Gasteiger partial charge on any atom is 0.258 e. The summed E-state index contributed by atoms with van der Waals surface area (Å²) < 4.78 is 33.3. The molecule has 2 aromatic heterocycles. The summed E-state index contributed by atoms with van der Waals surface area (Å²) in [6, 6.07) is 3.32. The van der Waals surface area contributed by atoms with E-state index in [1.54, 1.807) is 24.4 Å². The molecule has 0 unspecified atom stereocenters. The lowest BCUT2D eigenvalue weighted by atomic mass is 10.2. The Morgan fingerprint density at radius 2 is 2.25 bits per heavy atom. The Hall–Kier alpha value is -2.13. The SMILES string of the molecule is Cc1nscc1C(=O)Nc1ccc(OCCCNCC(F)F)nc1. The minimum Gasteiger partial charge on any atom is -0.478 e. The third-order valence-electron chi connectivity index (χ3n) is 3.04. The number of pyridine rings is 1. The molecular formula is C15H18F2N4O2S. The Labute approximate surface area is 142 Å². The number of carbonyl (C=O) groups is 1. The number of amides is 1. The van der Waals surface area contributed by atoms with Crippen LogP contribution < -0.4 is 15.4 Å². The third-order valence-corrected chi connectivity index (χ3v) is 3.76. The van der Waals surface area contributed by atoms with E-state index >= 15 is 0 Å². The molecule has 0 bridgehead atoms. The average Bonchev–Trinajstić information content (AvgIpc) is 2.98. The maximum absolute atomic E-state index is 12.0. The highest BCUT2D eigenvalue weighted by Crippen LogP contribution is 2.15. The lowest BCUT2D eigenvalue weighted by Crippen LogP contribution is -2.23. The van der Waals surface area contributed by atoms with Gasteiger partial charge in [0.15, 0.2) is 0 Å². The monoisotopic (exact) mass is 356 g/mol. The topological polar surface area (TPSA) is 76.1 Å². The number of rotatable bonds is 9.